The zero-order valence-electron chi connectivity index (χ0n) is 12.3. The molecule has 3 nitrogen and oxygen atoms in total. The van der Waals surface area contributed by atoms with E-state index in [2.05, 4.69) is 15.6 Å². The fourth-order valence-corrected chi connectivity index (χ4v) is 1.97. The van der Waals surface area contributed by atoms with Crippen LogP contribution in [0.15, 0.2) is 12.1 Å². The fourth-order valence-electron chi connectivity index (χ4n) is 1.97. The maximum Gasteiger partial charge on any atom is 0.416 e. The molecule has 20 heavy (non-hydrogen) atoms. The maximum absolute atomic E-state index is 12.9. The summed E-state index contributed by atoms with van der Waals surface area (Å²) in [5, 5.41) is 5.92. The van der Waals surface area contributed by atoms with Crippen LogP contribution >= 0.6 is 0 Å². The van der Waals surface area contributed by atoms with Crippen LogP contribution in [-0.4, -0.2) is 17.6 Å². The van der Waals surface area contributed by atoms with E-state index in [0.717, 1.165) is 18.6 Å². The summed E-state index contributed by atoms with van der Waals surface area (Å²) in [6.07, 6.45) is -3.55. The molecule has 1 aromatic heterocycles. The molecule has 2 N–H and O–H groups in total. The summed E-state index contributed by atoms with van der Waals surface area (Å²) < 4.78 is 38.6. The topological polar surface area (TPSA) is 37.0 Å². The number of alkyl halides is 3. The van der Waals surface area contributed by atoms with E-state index >= 15 is 0 Å². The highest BCUT2D eigenvalue weighted by molar-refractivity contribution is 5.50. The number of hydrogen-bond acceptors (Lipinski definition) is 3. The molecule has 0 spiro atoms. The molecule has 0 aliphatic carbocycles. The van der Waals surface area contributed by atoms with E-state index in [1.54, 1.807) is 0 Å². The van der Waals surface area contributed by atoms with Crippen LogP contribution in [0.25, 0.3) is 0 Å². The second-order valence-corrected chi connectivity index (χ2v) is 5.06. The molecule has 0 bridgehead atoms. The van der Waals surface area contributed by atoms with Gasteiger partial charge in [0, 0.05) is 12.6 Å². The van der Waals surface area contributed by atoms with Gasteiger partial charge in [0.1, 0.15) is 11.6 Å². The van der Waals surface area contributed by atoms with Crippen LogP contribution in [0, 0.1) is 5.92 Å². The Morgan fingerprint density at radius 2 is 1.75 bits per heavy atom. The first kappa shape index (κ1) is 16.6. The number of rotatable bonds is 6. The van der Waals surface area contributed by atoms with Crippen molar-refractivity contribution in [2.45, 2.75) is 46.3 Å². The minimum atomic E-state index is -4.37. The Labute approximate surface area is 118 Å². The monoisotopic (exact) mass is 289 g/mol. The van der Waals surface area contributed by atoms with Gasteiger partial charge < -0.3 is 10.6 Å². The first-order valence-electron chi connectivity index (χ1n) is 6.87. The summed E-state index contributed by atoms with van der Waals surface area (Å²) in [6.45, 7) is 8.39. The molecule has 1 aromatic rings. The molecular weight excluding hydrogens is 267 g/mol. The lowest BCUT2D eigenvalue weighted by atomic mass is 10.0. The van der Waals surface area contributed by atoms with Gasteiger partial charge in [-0.3, -0.25) is 0 Å². The molecule has 0 fully saturated rings. The Balaban J connectivity index is 3.08. The number of pyridine rings is 1. The minimum Gasteiger partial charge on any atom is -0.370 e. The van der Waals surface area contributed by atoms with E-state index < -0.39 is 11.7 Å². The Kier molecular flexibility index (Phi) is 5.65. The highest BCUT2D eigenvalue weighted by Crippen LogP contribution is 2.32. The van der Waals surface area contributed by atoms with Crippen LogP contribution < -0.4 is 10.6 Å². The van der Waals surface area contributed by atoms with Crippen molar-refractivity contribution in [2.24, 2.45) is 5.92 Å². The predicted octanol–water partition coefficient (Wildman–Crippen LogP) is 4.38. The molecule has 0 aliphatic rings. The summed E-state index contributed by atoms with van der Waals surface area (Å²) in [4.78, 5) is 4.18. The van der Waals surface area contributed by atoms with Gasteiger partial charge in [-0.05, 0) is 31.4 Å². The molecule has 0 aliphatic heterocycles. The first-order chi connectivity index (χ1) is 9.27. The van der Waals surface area contributed by atoms with Gasteiger partial charge in [-0.15, -0.1) is 0 Å². The molecule has 6 heteroatoms. The molecule has 0 saturated carbocycles. The quantitative estimate of drug-likeness (QED) is 0.816. The number of hydrogen-bond donors (Lipinski definition) is 2. The van der Waals surface area contributed by atoms with E-state index in [1.807, 2.05) is 27.7 Å². The van der Waals surface area contributed by atoms with Crippen LogP contribution in [0.3, 0.4) is 0 Å². The lowest BCUT2D eigenvalue weighted by molar-refractivity contribution is -0.137. The van der Waals surface area contributed by atoms with Crippen molar-refractivity contribution < 1.29 is 13.2 Å². The summed E-state index contributed by atoms with van der Waals surface area (Å²) in [7, 11) is 0. The molecule has 1 atom stereocenters. The third-order valence-electron chi connectivity index (χ3n) is 3.09. The van der Waals surface area contributed by atoms with Gasteiger partial charge in [0.2, 0.25) is 0 Å². The number of nitrogens with zero attached hydrogens (tertiary/aromatic N) is 1. The highest BCUT2D eigenvalue weighted by atomic mass is 19.4. The molecule has 1 unspecified atom stereocenters. The zero-order chi connectivity index (χ0) is 15.3. The van der Waals surface area contributed by atoms with E-state index in [-0.39, 0.29) is 17.7 Å². The molecule has 0 amide bonds. The van der Waals surface area contributed by atoms with Gasteiger partial charge in [0.15, 0.2) is 0 Å². The van der Waals surface area contributed by atoms with Gasteiger partial charge in [0.25, 0.3) is 0 Å². The van der Waals surface area contributed by atoms with Crippen molar-refractivity contribution >= 4 is 11.6 Å². The van der Waals surface area contributed by atoms with E-state index in [9.17, 15) is 13.2 Å². The number of nitrogens with one attached hydrogen (secondary N) is 2. The first-order valence-corrected chi connectivity index (χ1v) is 6.87. The summed E-state index contributed by atoms with van der Waals surface area (Å²) in [5.41, 5.74) is -0.690. The molecular formula is C14H22F3N3. The van der Waals surface area contributed by atoms with Crippen LogP contribution in [-0.2, 0) is 6.18 Å². The number of aromatic nitrogens is 1. The molecule has 1 heterocycles. The largest absolute Gasteiger partial charge is 0.416 e. The van der Waals surface area contributed by atoms with Crippen molar-refractivity contribution in [1.82, 2.24) is 4.98 Å². The summed E-state index contributed by atoms with van der Waals surface area (Å²) >= 11 is 0. The smallest absolute Gasteiger partial charge is 0.370 e. The Hall–Kier alpha value is -1.46. The lowest BCUT2D eigenvalue weighted by Crippen LogP contribution is -2.25. The van der Waals surface area contributed by atoms with E-state index in [1.165, 1.54) is 0 Å². The second-order valence-electron chi connectivity index (χ2n) is 5.06. The maximum atomic E-state index is 12.9. The molecule has 0 aromatic carbocycles. The predicted molar refractivity (Wildman–Crippen MR) is 75.9 cm³/mol. The van der Waals surface area contributed by atoms with E-state index in [0.29, 0.717) is 12.5 Å². The lowest BCUT2D eigenvalue weighted by Gasteiger charge is -2.22. The van der Waals surface area contributed by atoms with Gasteiger partial charge in [-0.25, -0.2) is 4.98 Å². The number of anilines is 2. The van der Waals surface area contributed by atoms with Crippen LogP contribution in [0.1, 0.15) is 39.7 Å². The minimum absolute atomic E-state index is 0.0976. The summed E-state index contributed by atoms with van der Waals surface area (Å²) in [6, 6.07) is 2.19. The van der Waals surface area contributed by atoms with Crippen LogP contribution in [0.4, 0.5) is 24.8 Å². The fraction of sp³-hybridized carbons (Fsp3) is 0.643. The second kappa shape index (κ2) is 6.81. The standard InChI is InChI=1S/C14H22F3N3/c1-5-11(9(3)4)19-13-8-10(14(15,16)17)7-12(20-13)18-6-2/h7-9,11H,5-6H2,1-4H3,(H2,18,19,20). The zero-order valence-corrected chi connectivity index (χ0v) is 12.3. The SMILES string of the molecule is CCNc1cc(C(F)(F)F)cc(NC(CC)C(C)C)n1. The summed E-state index contributed by atoms with van der Waals surface area (Å²) in [5.74, 6) is 0.818. The average molecular weight is 289 g/mol. The Bertz CT molecular complexity index is 430. The molecule has 0 radical (unpaired) electrons. The van der Waals surface area contributed by atoms with Crippen LogP contribution in [0.2, 0.25) is 0 Å². The Morgan fingerprint density at radius 3 is 2.20 bits per heavy atom. The van der Waals surface area contributed by atoms with Gasteiger partial charge in [0.05, 0.1) is 5.56 Å². The van der Waals surface area contributed by atoms with Crippen molar-refractivity contribution in [3.8, 4) is 0 Å². The number of halogens is 3. The average Bonchev–Trinajstić information content (AvgIpc) is 2.34. The van der Waals surface area contributed by atoms with Gasteiger partial charge in [-0.1, -0.05) is 20.8 Å². The van der Waals surface area contributed by atoms with Crippen LogP contribution in [0.5, 0.6) is 0 Å². The Morgan fingerprint density at radius 1 is 1.15 bits per heavy atom. The van der Waals surface area contributed by atoms with Crippen molar-refractivity contribution in [1.29, 1.82) is 0 Å². The van der Waals surface area contributed by atoms with Gasteiger partial charge >= 0.3 is 6.18 Å². The van der Waals surface area contributed by atoms with Gasteiger partial charge in [-0.2, -0.15) is 13.2 Å². The molecule has 0 saturated heterocycles. The van der Waals surface area contributed by atoms with Crippen molar-refractivity contribution in [3.63, 3.8) is 0 Å². The molecule has 1 rings (SSSR count). The van der Waals surface area contributed by atoms with E-state index in [4.69, 9.17) is 0 Å². The normalized spacial score (nSPS) is 13.4. The highest BCUT2D eigenvalue weighted by Gasteiger charge is 2.31. The van der Waals surface area contributed by atoms with Crippen molar-refractivity contribution in [3.05, 3.63) is 17.7 Å². The third kappa shape index (κ3) is 4.58. The van der Waals surface area contributed by atoms with Crippen molar-refractivity contribution in [2.75, 3.05) is 17.2 Å². The third-order valence-corrected chi connectivity index (χ3v) is 3.09. The molecule has 114 valence electrons.